The molecule has 0 aliphatic carbocycles. The van der Waals surface area contributed by atoms with E-state index in [-0.39, 0.29) is 5.92 Å². The third kappa shape index (κ3) is 3.60. The van der Waals surface area contributed by atoms with Gasteiger partial charge < -0.3 is 14.4 Å². The zero-order valence-corrected chi connectivity index (χ0v) is 9.43. The van der Waals surface area contributed by atoms with Crippen LogP contribution in [0.1, 0.15) is 38.4 Å². The van der Waals surface area contributed by atoms with Crippen molar-refractivity contribution >= 4 is 0 Å². The summed E-state index contributed by atoms with van der Waals surface area (Å²) in [5.41, 5.74) is 0. The Bertz CT molecular complexity index is 286. The van der Waals surface area contributed by atoms with Gasteiger partial charge in [0.25, 0.3) is 0 Å². The summed E-state index contributed by atoms with van der Waals surface area (Å²) in [4.78, 5) is 4.19. The van der Waals surface area contributed by atoms with Crippen LogP contribution in [0, 0.1) is 0 Å². The van der Waals surface area contributed by atoms with Gasteiger partial charge in [-0.2, -0.15) is 4.98 Å². The first kappa shape index (κ1) is 12.1. The topological polar surface area (TPSA) is 68.4 Å². The number of aliphatic hydroxyl groups is 1. The Hall–Kier alpha value is -0.940. The van der Waals surface area contributed by atoms with E-state index in [0.717, 1.165) is 0 Å². The monoisotopic (exact) mass is 214 g/mol. The second-order valence-corrected chi connectivity index (χ2v) is 3.53. The van der Waals surface area contributed by atoms with Crippen LogP contribution in [-0.2, 0) is 11.2 Å². The highest BCUT2D eigenvalue weighted by Crippen LogP contribution is 2.16. The Kier molecular flexibility index (Phi) is 4.71. The third-order valence-corrected chi connectivity index (χ3v) is 2.27. The first-order chi connectivity index (χ1) is 7.15. The molecule has 0 spiro atoms. The molecule has 1 aromatic heterocycles. The largest absolute Gasteiger partial charge is 0.393 e. The van der Waals surface area contributed by atoms with Crippen molar-refractivity contribution in [3.63, 3.8) is 0 Å². The Labute approximate surface area is 89.4 Å². The maximum Gasteiger partial charge on any atom is 0.232 e. The highest BCUT2D eigenvalue weighted by Gasteiger charge is 2.18. The molecular formula is C10H18N2O3. The van der Waals surface area contributed by atoms with Crippen molar-refractivity contribution in [1.82, 2.24) is 10.1 Å². The van der Waals surface area contributed by atoms with Crippen LogP contribution in [0.4, 0.5) is 0 Å². The van der Waals surface area contributed by atoms with Gasteiger partial charge in [0.15, 0.2) is 5.82 Å². The van der Waals surface area contributed by atoms with Gasteiger partial charge >= 0.3 is 0 Å². The van der Waals surface area contributed by atoms with Gasteiger partial charge in [-0.25, -0.2) is 0 Å². The zero-order chi connectivity index (χ0) is 11.3. The lowest BCUT2D eigenvalue weighted by atomic mass is 10.1. The molecule has 0 bridgehead atoms. The van der Waals surface area contributed by atoms with E-state index in [0.29, 0.717) is 31.3 Å². The Morgan fingerprint density at radius 3 is 2.80 bits per heavy atom. The molecule has 2 unspecified atom stereocenters. The lowest BCUT2D eigenvalue weighted by Crippen LogP contribution is -2.11. The van der Waals surface area contributed by atoms with E-state index >= 15 is 0 Å². The molecule has 86 valence electrons. The number of hydrogen-bond acceptors (Lipinski definition) is 5. The van der Waals surface area contributed by atoms with Gasteiger partial charge in [-0.15, -0.1) is 0 Å². The maximum absolute atomic E-state index is 9.35. The van der Waals surface area contributed by atoms with E-state index in [4.69, 9.17) is 9.26 Å². The number of ether oxygens (including phenoxy) is 1. The molecule has 0 aliphatic heterocycles. The van der Waals surface area contributed by atoms with Crippen molar-refractivity contribution < 1.29 is 14.4 Å². The molecular weight excluding hydrogens is 196 g/mol. The van der Waals surface area contributed by atoms with Crippen molar-refractivity contribution in [2.45, 2.75) is 39.2 Å². The summed E-state index contributed by atoms with van der Waals surface area (Å²) in [5.74, 6) is 0.987. The van der Waals surface area contributed by atoms with Gasteiger partial charge in [-0.1, -0.05) is 12.1 Å². The van der Waals surface area contributed by atoms with Gasteiger partial charge in [0.2, 0.25) is 5.89 Å². The molecule has 0 aliphatic rings. The van der Waals surface area contributed by atoms with Crippen LogP contribution >= 0.6 is 0 Å². The number of hydrogen-bond donors (Lipinski definition) is 1. The Morgan fingerprint density at radius 2 is 2.20 bits per heavy atom. The van der Waals surface area contributed by atoms with Crippen LogP contribution in [0.25, 0.3) is 0 Å². The summed E-state index contributed by atoms with van der Waals surface area (Å²) in [7, 11) is 0. The molecule has 0 aromatic carbocycles. The fourth-order valence-electron chi connectivity index (χ4n) is 1.07. The maximum atomic E-state index is 9.35. The number of aliphatic hydroxyl groups excluding tert-OH is 1. The normalized spacial score (nSPS) is 15.2. The van der Waals surface area contributed by atoms with E-state index in [1.165, 1.54) is 0 Å². The molecule has 0 radical (unpaired) electrons. The van der Waals surface area contributed by atoms with Crippen LogP contribution in [-0.4, -0.2) is 34.6 Å². The van der Waals surface area contributed by atoms with Gasteiger partial charge in [0, 0.05) is 13.0 Å². The van der Waals surface area contributed by atoms with E-state index in [1.807, 2.05) is 13.8 Å². The summed E-state index contributed by atoms with van der Waals surface area (Å²) in [6.45, 7) is 6.78. The molecule has 1 N–H and O–H groups in total. The molecule has 0 saturated heterocycles. The molecule has 5 heteroatoms. The first-order valence-electron chi connectivity index (χ1n) is 5.23. The van der Waals surface area contributed by atoms with E-state index < -0.39 is 6.10 Å². The van der Waals surface area contributed by atoms with Crippen LogP contribution in [0.15, 0.2) is 4.52 Å². The molecule has 2 atom stereocenters. The average Bonchev–Trinajstić information content (AvgIpc) is 2.65. The lowest BCUT2D eigenvalue weighted by molar-refractivity contribution is 0.148. The summed E-state index contributed by atoms with van der Waals surface area (Å²) >= 11 is 0. The molecule has 1 aromatic rings. The quantitative estimate of drug-likeness (QED) is 0.719. The highest BCUT2D eigenvalue weighted by atomic mass is 16.5. The van der Waals surface area contributed by atoms with Crippen molar-refractivity contribution in [2.75, 3.05) is 13.2 Å². The second kappa shape index (κ2) is 5.82. The van der Waals surface area contributed by atoms with Crippen LogP contribution in [0.2, 0.25) is 0 Å². The predicted octanol–water partition coefficient (Wildman–Crippen LogP) is 1.13. The highest BCUT2D eigenvalue weighted by molar-refractivity contribution is 4.94. The van der Waals surface area contributed by atoms with Gasteiger partial charge in [-0.05, 0) is 13.8 Å². The molecule has 0 fully saturated rings. The van der Waals surface area contributed by atoms with Crippen molar-refractivity contribution in [3.8, 4) is 0 Å². The van der Waals surface area contributed by atoms with Gasteiger partial charge in [0.1, 0.15) is 0 Å². The molecule has 5 nitrogen and oxygen atoms in total. The number of aromatic nitrogens is 2. The summed E-state index contributed by atoms with van der Waals surface area (Å²) in [6.07, 6.45) is 0.161. The molecule has 0 amide bonds. The molecule has 15 heavy (non-hydrogen) atoms. The SMILES string of the molecule is CCOCCc1noc(C(C)C(C)O)n1. The number of rotatable bonds is 6. The van der Waals surface area contributed by atoms with Crippen molar-refractivity contribution in [2.24, 2.45) is 0 Å². The average molecular weight is 214 g/mol. The van der Waals surface area contributed by atoms with Crippen molar-refractivity contribution in [1.29, 1.82) is 0 Å². The minimum absolute atomic E-state index is 0.127. The Morgan fingerprint density at radius 1 is 1.47 bits per heavy atom. The van der Waals surface area contributed by atoms with Crippen LogP contribution in [0.3, 0.4) is 0 Å². The van der Waals surface area contributed by atoms with Gasteiger partial charge in [-0.3, -0.25) is 0 Å². The zero-order valence-electron chi connectivity index (χ0n) is 9.43. The lowest BCUT2D eigenvalue weighted by Gasteiger charge is -2.07. The summed E-state index contributed by atoms with van der Waals surface area (Å²) in [5, 5.41) is 13.2. The molecule has 0 saturated carbocycles. The van der Waals surface area contributed by atoms with E-state index in [9.17, 15) is 5.11 Å². The minimum atomic E-state index is -0.481. The van der Waals surface area contributed by atoms with Crippen molar-refractivity contribution in [3.05, 3.63) is 11.7 Å². The van der Waals surface area contributed by atoms with E-state index in [1.54, 1.807) is 6.92 Å². The Balaban J connectivity index is 2.48. The van der Waals surface area contributed by atoms with Crippen LogP contribution in [0.5, 0.6) is 0 Å². The second-order valence-electron chi connectivity index (χ2n) is 3.53. The number of nitrogens with zero attached hydrogens (tertiary/aromatic N) is 2. The molecule has 1 rings (SSSR count). The molecule has 1 heterocycles. The summed E-state index contributed by atoms with van der Waals surface area (Å²) < 4.78 is 10.2. The fraction of sp³-hybridized carbons (Fsp3) is 0.800. The van der Waals surface area contributed by atoms with E-state index in [2.05, 4.69) is 10.1 Å². The first-order valence-corrected chi connectivity index (χ1v) is 5.23. The predicted molar refractivity (Wildman–Crippen MR) is 54.6 cm³/mol. The fourth-order valence-corrected chi connectivity index (χ4v) is 1.07. The van der Waals surface area contributed by atoms with Gasteiger partial charge in [0.05, 0.1) is 18.6 Å². The summed E-state index contributed by atoms with van der Waals surface area (Å²) in [6, 6.07) is 0. The smallest absolute Gasteiger partial charge is 0.232 e. The van der Waals surface area contributed by atoms with Crippen LogP contribution < -0.4 is 0 Å². The third-order valence-electron chi connectivity index (χ3n) is 2.27. The minimum Gasteiger partial charge on any atom is -0.393 e. The standard InChI is InChI=1S/C10H18N2O3/c1-4-14-6-5-9-11-10(15-12-9)7(2)8(3)13/h7-8,13H,4-6H2,1-3H3.